The van der Waals surface area contributed by atoms with Gasteiger partial charge in [-0.3, -0.25) is 9.59 Å². The molecule has 34 heavy (non-hydrogen) atoms. The maximum Gasteiger partial charge on any atom is 0.313 e. The highest BCUT2D eigenvalue weighted by atomic mass is 27.0. The maximum atomic E-state index is 11.2. The number of ketones is 1. The van der Waals surface area contributed by atoms with Gasteiger partial charge in [0.05, 0.1) is 6.61 Å². The van der Waals surface area contributed by atoms with Crippen LogP contribution in [0, 0.1) is 0 Å². The van der Waals surface area contributed by atoms with Gasteiger partial charge >= 0.3 is 5.97 Å². The number of Topliss-reactive ketones (excluding diaryl/α,β-unsaturated/α-hetero) is 1. The molecule has 0 aromatic carbocycles. The van der Waals surface area contributed by atoms with Crippen molar-refractivity contribution in [3.63, 3.8) is 0 Å². The largest absolute Gasteiger partial charge is 0.465 e. The summed E-state index contributed by atoms with van der Waals surface area (Å²) >= 11 is 0. The van der Waals surface area contributed by atoms with Crippen molar-refractivity contribution in [2.75, 3.05) is 6.61 Å². The van der Waals surface area contributed by atoms with Crippen molar-refractivity contribution in [3.8, 4) is 0 Å². The quantitative estimate of drug-likeness (QED) is 0.0925. The van der Waals surface area contributed by atoms with E-state index in [4.69, 9.17) is 14.9 Å². The van der Waals surface area contributed by atoms with Gasteiger partial charge in [0.15, 0.2) is 17.4 Å². The predicted molar refractivity (Wildman–Crippen MR) is 150 cm³/mol. The van der Waals surface area contributed by atoms with Crippen LogP contribution in [0.4, 0.5) is 0 Å². The van der Waals surface area contributed by atoms with Crippen molar-refractivity contribution in [1.29, 1.82) is 0 Å². The minimum Gasteiger partial charge on any atom is -0.465 e. The molecule has 0 unspecified atom stereocenters. The summed E-state index contributed by atoms with van der Waals surface area (Å²) < 4.78 is 5.01. The van der Waals surface area contributed by atoms with Gasteiger partial charge in [-0.25, -0.2) is 0 Å². The molecule has 0 amide bonds. The standard InChI is InChI=1S/C22H42O3.2C3H8O.Al.3H/c1-3-4-5-6-7-8-9-10-11-12-13-14-15-16-17-18-19-25-22(24)20-21(2)23;2*1-3(2)4;;;;/h3-20H2,1-2H3;2*3-4H,1-2H3;;;;. The second kappa shape index (κ2) is 34.8. The summed E-state index contributed by atoms with van der Waals surface area (Å²) in [5.41, 5.74) is 0. The van der Waals surface area contributed by atoms with Gasteiger partial charge in [-0.05, 0) is 41.0 Å². The van der Waals surface area contributed by atoms with E-state index in [0.29, 0.717) is 6.61 Å². The zero-order valence-corrected chi connectivity index (χ0v) is 23.0. The number of aliphatic hydroxyl groups is 2. The molecule has 2 N–H and O–H groups in total. The first-order valence-electron chi connectivity index (χ1n) is 13.6. The Balaban J connectivity index is -0.000000430. The highest BCUT2D eigenvalue weighted by Gasteiger charge is 2.05. The first-order chi connectivity index (χ1) is 15.6. The lowest BCUT2D eigenvalue weighted by molar-refractivity contribution is -0.145. The van der Waals surface area contributed by atoms with E-state index in [-0.39, 0.29) is 47.7 Å². The van der Waals surface area contributed by atoms with E-state index in [9.17, 15) is 9.59 Å². The van der Waals surface area contributed by atoms with Gasteiger partial charge in [-0.15, -0.1) is 0 Å². The van der Waals surface area contributed by atoms with E-state index in [0.717, 1.165) is 12.8 Å². The second-order valence-electron chi connectivity index (χ2n) is 9.59. The maximum absolute atomic E-state index is 11.2. The summed E-state index contributed by atoms with van der Waals surface area (Å²) in [7, 11) is 0. The lowest BCUT2D eigenvalue weighted by atomic mass is 10.0. The highest BCUT2D eigenvalue weighted by molar-refractivity contribution is 5.94. The Kier molecular flexibility index (Phi) is 41.7. The minimum absolute atomic E-state index is 0. The number of hydrogen-bond acceptors (Lipinski definition) is 5. The van der Waals surface area contributed by atoms with E-state index in [1.807, 2.05) is 0 Å². The average Bonchev–Trinajstić information content (AvgIpc) is 2.69. The topological polar surface area (TPSA) is 83.8 Å². The molecule has 0 atom stereocenters. The lowest BCUT2D eigenvalue weighted by Gasteiger charge is -2.04. The summed E-state index contributed by atoms with van der Waals surface area (Å²) in [6, 6.07) is 0. The average molecular weight is 505 g/mol. The third-order valence-electron chi connectivity index (χ3n) is 4.65. The molecule has 6 heteroatoms. The Morgan fingerprint density at radius 1 is 0.618 bits per heavy atom. The van der Waals surface area contributed by atoms with Gasteiger partial charge in [0.25, 0.3) is 0 Å². The molecule has 0 bridgehead atoms. The van der Waals surface area contributed by atoms with Gasteiger partial charge in [0, 0.05) is 12.2 Å². The summed E-state index contributed by atoms with van der Waals surface area (Å²) in [5.74, 6) is -0.509. The van der Waals surface area contributed by atoms with Crippen LogP contribution in [0.3, 0.4) is 0 Å². The SMILES string of the molecule is CC(C)O.CC(C)O.CCCCCCCCCCCCCCCCCCOC(=O)CC(C)=O.[AlH3]. The van der Waals surface area contributed by atoms with Crippen molar-refractivity contribution in [3.05, 3.63) is 0 Å². The van der Waals surface area contributed by atoms with Crippen LogP contribution >= 0.6 is 0 Å². The van der Waals surface area contributed by atoms with Crippen molar-refractivity contribution in [2.45, 2.75) is 163 Å². The van der Waals surface area contributed by atoms with Gasteiger partial charge < -0.3 is 14.9 Å². The number of carbonyl (C=O) groups excluding carboxylic acids is 2. The second-order valence-corrected chi connectivity index (χ2v) is 9.59. The van der Waals surface area contributed by atoms with E-state index in [1.165, 1.54) is 96.8 Å². The molecule has 0 fully saturated rings. The highest BCUT2D eigenvalue weighted by Crippen LogP contribution is 2.13. The van der Waals surface area contributed by atoms with Gasteiger partial charge in [-0.1, -0.05) is 103 Å². The van der Waals surface area contributed by atoms with E-state index in [1.54, 1.807) is 27.7 Å². The molecule has 0 aliphatic carbocycles. The molecule has 0 heterocycles. The number of aliphatic hydroxyl groups excluding tert-OH is 2. The van der Waals surface area contributed by atoms with E-state index >= 15 is 0 Å². The van der Waals surface area contributed by atoms with Crippen LogP contribution < -0.4 is 0 Å². The number of hydrogen-bond donors (Lipinski definition) is 2. The molecule has 0 saturated heterocycles. The zero-order valence-electron chi connectivity index (χ0n) is 23.0. The Morgan fingerprint density at radius 3 is 1.15 bits per heavy atom. The van der Waals surface area contributed by atoms with Crippen molar-refractivity contribution in [2.24, 2.45) is 0 Å². The van der Waals surface area contributed by atoms with Crippen molar-refractivity contribution in [1.82, 2.24) is 0 Å². The smallest absolute Gasteiger partial charge is 0.313 e. The van der Waals surface area contributed by atoms with Crippen LogP contribution in [0.25, 0.3) is 0 Å². The fourth-order valence-electron chi connectivity index (χ4n) is 3.09. The molecular formula is C28H61AlO5. The van der Waals surface area contributed by atoms with Crippen LogP contribution in [0.5, 0.6) is 0 Å². The van der Waals surface area contributed by atoms with Crippen LogP contribution in [-0.2, 0) is 14.3 Å². The molecule has 0 rings (SSSR count). The number of unbranched alkanes of at least 4 members (excludes halogenated alkanes) is 15. The normalized spacial score (nSPS) is 10.1. The Morgan fingerprint density at radius 2 is 0.882 bits per heavy atom. The fraction of sp³-hybridized carbons (Fsp3) is 0.929. The van der Waals surface area contributed by atoms with E-state index < -0.39 is 0 Å². The molecule has 0 radical (unpaired) electrons. The Labute approximate surface area is 223 Å². The zero-order chi connectivity index (χ0) is 25.7. The van der Waals surface area contributed by atoms with Crippen LogP contribution in [0.15, 0.2) is 0 Å². The summed E-state index contributed by atoms with van der Waals surface area (Å²) in [6.07, 6.45) is 20.9. The summed E-state index contributed by atoms with van der Waals surface area (Å²) in [5, 5.41) is 16.1. The molecule has 0 aromatic heterocycles. The molecule has 0 aromatic rings. The Hall–Kier alpha value is -0.408. The van der Waals surface area contributed by atoms with Crippen LogP contribution in [-0.4, -0.2) is 58.1 Å². The monoisotopic (exact) mass is 504 g/mol. The predicted octanol–water partition coefficient (Wildman–Crippen LogP) is 6.36. The number of ether oxygens (including phenoxy) is 1. The Bertz CT molecular complexity index is 389. The first kappa shape index (κ1) is 40.7. The van der Waals surface area contributed by atoms with Crippen molar-refractivity contribution < 1.29 is 24.5 Å². The lowest BCUT2D eigenvalue weighted by Crippen LogP contribution is -2.09. The number of carbonyl (C=O) groups is 2. The van der Waals surface area contributed by atoms with Crippen molar-refractivity contribution >= 4 is 29.1 Å². The first-order valence-corrected chi connectivity index (χ1v) is 13.6. The number of rotatable bonds is 19. The van der Waals surface area contributed by atoms with E-state index in [2.05, 4.69) is 6.92 Å². The molecule has 0 spiro atoms. The third kappa shape index (κ3) is 57.9. The molecule has 5 nitrogen and oxygen atoms in total. The minimum atomic E-state index is -0.381. The molecular weight excluding hydrogens is 443 g/mol. The molecule has 206 valence electrons. The number of esters is 1. The third-order valence-corrected chi connectivity index (χ3v) is 4.65. The van der Waals surface area contributed by atoms with Gasteiger partial charge in [-0.2, -0.15) is 0 Å². The van der Waals surface area contributed by atoms with Gasteiger partial charge in [0.2, 0.25) is 0 Å². The summed E-state index contributed by atoms with van der Waals surface area (Å²) in [4.78, 5) is 21.9. The summed E-state index contributed by atoms with van der Waals surface area (Å²) in [6.45, 7) is 11.0. The fourth-order valence-corrected chi connectivity index (χ4v) is 3.09. The molecule has 0 saturated carbocycles. The molecule has 0 aliphatic heterocycles. The van der Waals surface area contributed by atoms with Crippen LogP contribution in [0.2, 0.25) is 0 Å². The van der Waals surface area contributed by atoms with Crippen LogP contribution in [0.1, 0.15) is 151 Å². The van der Waals surface area contributed by atoms with Gasteiger partial charge in [0.1, 0.15) is 12.2 Å². The molecule has 0 aliphatic rings.